The van der Waals surface area contributed by atoms with Crippen LogP contribution in [0.5, 0.6) is 5.75 Å². The van der Waals surface area contributed by atoms with Crippen molar-refractivity contribution in [1.29, 1.82) is 0 Å². The summed E-state index contributed by atoms with van der Waals surface area (Å²) >= 11 is 0. The van der Waals surface area contributed by atoms with Gasteiger partial charge in [-0.05, 0) is 48.7 Å². The molecular formula is C19H18F3NO3S. The van der Waals surface area contributed by atoms with Crippen molar-refractivity contribution in [1.82, 2.24) is 0 Å². The van der Waals surface area contributed by atoms with E-state index in [9.17, 15) is 21.6 Å². The van der Waals surface area contributed by atoms with Gasteiger partial charge in [0.2, 0.25) is 0 Å². The predicted molar refractivity (Wildman–Crippen MR) is 94.2 cm³/mol. The summed E-state index contributed by atoms with van der Waals surface area (Å²) < 4.78 is 68.5. The van der Waals surface area contributed by atoms with Crippen LogP contribution in [-0.4, -0.2) is 21.3 Å². The number of halogens is 3. The molecule has 0 unspecified atom stereocenters. The van der Waals surface area contributed by atoms with E-state index in [4.69, 9.17) is 0 Å². The molecule has 144 valence electrons. The van der Waals surface area contributed by atoms with Gasteiger partial charge in [0, 0.05) is 12.0 Å². The maximum atomic E-state index is 13.2. The number of anilines is 1. The minimum atomic E-state index is -4.82. The zero-order chi connectivity index (χ0) is 19.3. The molecule has 4 nitrogen and oxygen atoms in total. The lowest BCUT2D eigenvalue weighted by atomic mass is 9.81. The van der Waals surface area contributed by atoms with Crippen molar-refractivity contribution in [2.75, 3.05) is 10.8 Å². The lowest BCUT2D eigenvalue weighted by molar-refractivity contribution is -0.274. The summed E-state index contributed by atoms with van der Waals surface area (Å²) in [5, 5.41) is 0. The SMILES string of the molecule is O=S(=O)(c1ccc(OC(F)(F)F)cc1)N1CC2(CCCC2)c2ccccc21. The molecule has 1 fully saturated rings. The number of nitrogens with zero attached hydrogens (tertiary/aromatic N) is 1. The highest BCUT2D eigenvalue weighted by Gasteiger charge is 2.47. The molecule has 0 aromatic heterocycles. The molecule has 1 saturated carbocycles. The Morgan fingerprint density at radius 1 is 0.963 bits per heavy atom. The Hall–Kier alpha value is -2.22. The van der Waals surface area contributed by atoms with Crippen LogP contribution in [0.25, 0.3) is 0 Å². The fourth-order valence-corrected chi connectivity index (χ4v) is 5.79. The lowest BCUT2D eigenvalue weighted by Gasteiger charge is -2.25. The minimum absolute atomic E-state index is 0.0538. The Balaban J connectivity index is 1.69. The number of para-hydroxylation sites is 1. The van der Waals surface area contributed by atoms with Crippen molar-refractivity contribution >= 4 is 15.7 Å². The summed E-state index contributed by atoms with van der Waals surface area (Å²) in [4.78, 5) is -0.0538. The monoisotopic (exact) mass is 397 g/mol. The molecule has 0 N–H and O–H groups in total. The summed E-state index contributed by atoms with van der Waals surface area (Å²) in [5.74, 6) is -0.449. The molecule has 0 atom stereocenters. The molecule has 8 heteroatoms. The second kappa shape index (κ2) is 6.15. The van der Waals surface area contributed by atoms with Gasteiger partial charge in [-0.3, -0.25) is 4.31 Å². The van der Waals surface area contributed by atoms with Gasteiger partial charge >= 0.3 is 6.36 Å². The van der Waals surface area contributed by atoms with Crippen LogP contribution >= 0.6 is 0 Å². The number of rotatable bonds is 3. The Morgan fingerprint density at radius 3 is 2.22 bits per heavy atom. The molecule has 0 saturated heterocycles. The number of sulfonamides is 1. The topological polar surface area (TPSA) is 46.6 Å². The number of fused-ring (bicyclic) bond motifs is 2. The van der Waals surface area contributed by atoms with E-state index in [0.29, 0.717) is 12.2 Å². The summed E-state index contributed by atoms with van der Waals surface area (Å²) in [6.45, 7) is 0.371. The fourth-order valence-electron chi connectivity index (χ4n) is 4.22. The lowest BCUT2D eigenvalue weighted by Crippen LogP contribution is -2.35. The third-order valence-corrected chi connectivity index (χ3v) is 7.17. The van der Waals surface area contributed by atoms with Gasteiger partial charge in [0.25, 0.3) is 10.0 Å². The first-order valence-electron chi connectivity index (χ1n) is 8.69. The quantitative estimate of drug-likeness (QED) is 0.760. The number of hydrogen-bond acceptors (Lipinski definition) is 3. The fraction of sp³-hybridized carbons (Fsp3) is 0.368. The third kappa shape index (κ3) is 3.16. The Morgan fingerprint density at radius 2 is 1.59 bits per heavy atom. The van der Waals surface area contributed by atoms with Gasteiger partial charge < -0.3 is 4.74 Å². The molecule has 2 aromatic carbocycles. The van der Waals surface area contributed by atoms with Crippen LogP contribution in [0.3, 0.4) is 0 Å². The van der Waals surface area contributed by atoms with Crippen LogP contribution in [0.2, 0.25) is 0 Å². The number of ether oxygens (including phenoxy) is 1. The zero-order valence-corrected chi connectivity index (χ0v) is 15.2. The third-order valence-electron chi connectivity index (χ3n) is 5.40. The van der Waals surface area contributed by atoms with Crippen molar-refractivity contribution in [2.45, 2.75) is 42.4 Å². The van der Waals surface area contributed by atoms with E-state index < -0.39 is 22.1 Å². The molecule has 2 aromatic rings. The summed E-state index contributed by atoms with van der Waals surface area (Å²) in [5.41, 5.74) is 1.54. The van der Waals surface area contributed by atoms with Gasteiger partial charge in [0.1, 0.15) is 5.75 Å². The minimum Gasteiger partial charge on any atom is -0.406 e. The molecule has 0 bridgehead atoms. The number of benzene rings is 2. The van der Waals surface area contributed by atoms with Crippen LogP contribution in [0.15, 0.2) is 53.4 Å². The highest BCUT2D eigenvalue weighted by atomic mass is 32.2. The van der Waals surface area contributed by atoms with Crippen LogP contribution < -0.4 is 9.04 Å². The van der Waals surface area contributed by atoms with Gasteiger partial charge in [-0.15, -0.1) is 13.2 Å². The maximum Gasteiger partial charge on any atom is 0.573 e. The molecule has 0 amide bonds. The molecule has 0 radical (unpaired) electrons. The average Bonchev–Trinajstić information content (AvgIpc) is 3.21. The van der Waals surface area contributed by atoms with Crippen molar-refractivity contribution in [3.63, 3.8) is 0 Å². The van der Waals surface area contributed by atoms with E-state index >= 15 is 0 Å². The first-order chi connectivity index (χ1) is 12.7. The average molecular weight is 397 g/mol. The maximum absolute atomic E-state index is 13.2. The van der Waals surface area contributed by atoms with Gasteiger partial charge in [-0.2, -0.15) is 0 Å². The Bertz CT molecular complexity index is 949. The number of alkyl halides is 3. The van der Waals surface area contributed by atoms with E-state index in [-0.39, 0.29) is 10.3 Å². The van der Waals surface area contributed by atoms with Gasteiger partial charge in [-0.25, -0.2) is 8.42 Å². The van der Waals surface area contributed by atoms with E-state index in [2.05, 4.69) is 4.74 Å². The Kier molecular flexibility index (Phi) is 4.14. The molecule has 1 spiro atoms. The van der Waals surface area contributed by atoms with Crippen LogP contribution in [-0.2, 0) is 15.4 Å². The summed E-state index contributed by atoms with van der Waals surface area (Å²) in [6, 6.07) is 11.8. The highest BCUT2D eigenvalue weighted by Crippen LogP contribution is 2.51. The molecule has 1 heterocycles. The molecule has 27 heavy (non-hydrogen) atoms. The van der Waals surface area contributed by atoms with Crippen molar-refractivity contribution < 1.29 is 26.3 Å². The first-order valence-corrected chi connectivity index (χ1v) is 10.1. The summed E-state index contributed by atoms with van der Waals surface area (Å²) in [6.07, 6.45) is -0.816. The van der Waals surface area contributed by atoms with Gasteiger partial charge in [-0.1, -0.05) is 31.0 Å². The van der Waals surface area contributed by atoms with Crippen LogP contribution in [0.1, 0.15) is 31.2 Å². The van der Waals surface area contributed by atoms with E-state index in [1.165, 1.54) is 4.31 Å². The summed E-state index contributed by atoms with van der Waals surface area (Å²) in [7, 11) is -3.88. The molecular weight excluding hydrogens is 379 g/mol. The zero-order valence-electron chi connectivity index (χ0n) is 14.4. The van der Waals surface area contributed by atoms with E-state index in [1.54, 1.807) is 12.1 Å². The van der Waals surface area contributed by atoms with Crippen molar-refractivity contribution in [2.24, 2.45) is 0 Å². The standard InChI is InChI=1S/C19H18F3NO3S/c20-19(21,22)26-14-7-9-15(10-8-14)27(24,25)23-13-18(11-3-4-12-18)16-5-1-2-6-17(16)23/h1-2,5-10H,3-4,11-13H2. The first kappa shape index (κ1) is 18.2. The van der Waals surface area contributed by atoms with Crippen molar-refractivity contribution in [3.05, 3.63) is 54.1 Å². The van der Waals surface area contributed by atoms with Gasteiger partial charge in [0.15, 0.2) is 0 Å². The molecule has 1 aliphatic heterocycles. The van der Waals surface area contributed by atoms with Gasteiger partial charge in [0.05, 0.1) is 10.6 Å². The van der Waals surface area contributed by atoms with Crippen LogP contribution in [0.4, 0.5) is 18.9 Å². The van der Waals surface area contributed by atoms with Crippen LogP contribution in [0, 0.1) is 0 Å². The van der Waals surface area contributed by atoms with Crippen molar-refractivity contribution in [3.8, 4) is 5.75 Å². The molecule has 2 aliphatic rings. The second-order valence-corrected chi connectivity index (χ2v) is 8.90. The normalized spacial score (nSPS) is 18.7. The Labute approximate surface area is 155 Å². The molecule has 4 rings (SSSR count). The largest absolute Gasteiger partial charge is 0.573 e. The molecule has 1 aliphatic carbocycles. The smallest absolute Gasteiger partial charge is 0.406 e. The van der Waals surface area contributed by atoms with E-state index in [1.807, 2.05) is 12.1 Å². The number of hydrogen-bond donors (Lipinski definition) is 0. The second-order valence-electron chi connectivity index (χ2n) is 7.04. The predicted octanol–water partition coefficient (Wildman–Crippen LogP) is 4.61. The highest BCUT2D eigenvalue weighted by molar-refractivity contribution is 7.92. The van der Waals surface area contributed by atoms with E-state index in [0.717, 1.165) is 55.5 Å².